The summed E-state index contributed by atoms with van der Waals surface area (Å²) in [5.74, 6) is -0.350. The largest absolute Gasteiger partial charge is 0.324 e. The molecule has 1 aromatic heterocycles. The van der Waals surface area contributed by atoms with Gasteiger partial charge in [0.05, 0.1) is 4.88 Å². The minimum Gasteiger partial charge on any atom is -0.320 e. The molecule has 0 aliphatic heterocycles. The Morgan fingerprint density at radius 1 is 1.15 bits per heavy atom. The molecule has 1 N–H and O–H groups in total. The first-order valence-corrected chi connectivity index (χ1v) is 7.26. The first kappa shape index (κ1) is 14.3. The molecular weight excluding hydrogens is 272 g/mol. The second-order valence-corrected chi connectivity index (χ2v) is 5.18. The summed E-state index contributed by atoms with van der Waals surface area (Å²) in [6.45, 7) is 2.91. The van der Waals surface area contributed by atoms with Crippen molar-refractivity contribution in [2.24, 2.45) is 0 Å². The molecule has 0 aliphatic carbocycles. The molecule has 3 amide bonds. The van der Waals surface area contributed by atoms with Crippen LogP contribution in [0.15, 0.2) is 47.8 Å². The van der Waals surface area contributed by atoms with Crippen molar-refractivity contribution in [2.45, 2.75) is 13.5 Å². The third-order valence-corrected chi connectivity index (χ3v) is 3.72. The Morgan fingerprint density at radius 2 is 1.90 bits per heavy atom. The van der Waals surface area contributed by atoms with Gasteiger partial charge in [0.15, 0.2) is 0 Å². The van der Waals surface area contributed by atoms with Crippen molar-refractivity contribution in [3.8, 4) is 0 Å². The average Bonchev–Trinajstić information content (AvgIpc) is 3.00. The molecule has 2 rings (SSSR count). The van der Waals surface area contributed by atoms with E-state index in [-0.39, 0.29) is 11.9 Å². The van der Waals surface area contributed by atoms with Crippen LogP contribution in [0.2, 0.25) is 0 Å². The van der Waals surface area contributed by atoms with Crippen LogP contribution in [0.5, 0.6) is 0 Å². The minimum atomic E-state index is -0.366. The molecule has 0 aliphatic rings. The Balaban J connectivity index is 1.97. The second kappa shape index (κ2) is 6.86. The van der Waals surface area contributed by atoms with E-state index in [1.165, 1.54) is 11.3 Å². The average molecular weight is 288 g/mol. The molecule has 1 aromatic carbocycles. The van der Waals surface area contributed by atoms with Gasteiger partial charge in [-0.1, -0.05) is 36.4 Å². The number of nitrogens with one attached hydrogen (secondary N) is 1. The monoisotopic (exact) mass is 288 g/mol. The van der Waals surface area contributed by atoms with E-state index in [1.807, 2.05) is 37.3 Å². The molecule has 0 saturated carbocycles. The van der Waals surface area contributed by atoms with Gasteiger partial charge >= 0.3 is 6.03 Å². The van der Waals surface area contributed by atoms with E-state index in [1.54, 1.807) is 22.4 Å². The molecule has 104 valence electrons. The summed E-state index contributed by atoms with van der Waals surface area (Å²) in [7, 11) is 0. The third-order valence-electron chi connectivity index (χ3n) is 2.85. The molecule has 5 heteroatoms. The Hall–Kier alpha value is -2.14. The molecule has 0 spiro atoms. The lowest BCUT2D eigenvalue weighted by atomic mass is 10.2. The highest BCUT2D eigenvalue weighted by atomic mass is 32.1. The van der Waals surface area contributed by atoms with E-state index in [9.17, 15) is 9.59 Å². The second-order valence-electron chi connectivity index (χ2n) is 4.24. The lowest BCUT2D eigenvalue weighted by molar-refractivity contribution is 0.0955. The zero-order chi connectivity index (χ0) is 14.4. The predicted octanol–water partition coefficient (Wildman–Crippen LogP) is 3.12. The van der Waals surface area contributed by atoms with Crippen LogP contribution in [-0.4, -0.2) is 23.4 Å². The fraction of sp³-hybridized carbons (Fsp3) is 0.200. The van der Waals surface area contributed by atoms with Gasteiger partial charge in [-0.15, -0.1) is 11.3 Å². The fourth-order valence-electron chi connectivity index (χ4n) is 1.78. The van der Waals surface area contributed by atoms with E-state index in [2.05, 4.69) is 5.32 Å². The molecule has 1 heterocycles. The topological polar surface area (TPSA) is 49.4 Å². The Kier molecular flexibility index (Phi) is 4.90. The van der Waals surface area contributed by atoms with Gasteiger partial charge < -0.3 is 4.90 Å². The molecule has 0 bridgehead atoms. The lowest BCUT2D eigenvalue weighted by Gasteiger charge is -2.20. The lowest BCUT2D eigenvalue weighted by Crippen LogP contribution is -2.42. The van der Waals surface area contributed by atoms with Crippen molar-refractivity contribution >= 4 is 23.3 Å². The minimum absolute atomic E-state index is 0.350. The molecule has 4 nitrogen and oxygen atoms in total. The van der Waals surface area contributed by atoms with Crippen molar-refractivity contribution in [2.75, 3.05) is 6.54 Å². The summed E-state index contributed by atoms with van der Waals surface area (Å²) in [4.78, 5) is 26.1. The summed E-state index contributed by atoms with van der Waals surface area (Å²) < 4.78 is 0. The first-order chi connectivity index (χ1) is 9.70. The highest BCUT2D eigenvalue weighted by Gasteiger charge is 2.16. The van der Waals surface area contributed by atoms with Crippen LogP contribution in [0, 0.1) is 0 Å². The number of amides is 3. The number of benzene rings is 1. The zero-order valence-electron chi connectivity index (χ0n) is 11.2. The van der Waals surface area contributed by atoms with Gasteiger partial charge in [0.2, 0.25) is 0 Å². The van der Waals surface area contributed by atoms with Gasteiger partial charge in [-0.05, 0) is 23.9 Å². The van der Waals surface area contributed by atoms with Crippen molar-refractivity contribution in [1.82, 2.24) is 10.2 Å². The molecule has 0 radical (unpaired) electrons. The summed E-state index contributed by atoms with van der Waals surface area (Å²) in [6, 6.07) is 12.8. The van der Waals surface area contributed by atoms with Gasteiger partial charge in [-0.3, -0.25) is 10.1 Å². The molecule has 0 atom stereocenters. The first-order valence-electron chi connectivity index (χ1n) is 6.38. The number of urea groups is 1. The molecule has 0 unspecified atom stereocenters. The van der Waals surface area contributed by atoms with Gasteiger partial charge in [0, 0.05) is 13.1 Å². The van der Waals surface area contributed by atoms with Crippen LogP contribution in [0.1, 0.15) is 22.2 Å². The predicted molar refractivity (Wildman–Crippen MR) is 79.7 cm³/mol. The number of rotatable bonds is 4. The molecular formula is C15H16N2O2S. The number of carbonyl (C=O) groups excluding carboxylic acids is 2. The quantitative estimate of drug-likeness (QED) is 0.939. The normalized spacial score (nSPS) is 10.1. The van der Waals surface area contributed by atoms with Gasteiger partial charge in [0.25, 0.3) is 5.91 Å². The van der Waals surface area contributed by atoms with E-state index < -0.39 is 0 Å². The maximum absolute atomic E-state index is 12.1. The van der Waals surface area contributed by atoms with Crippen LogP contribution in [0.3, 0.4) is 0 Å². The maximum Gasteiger partial charge on any atom is 0.324 e. The summed E-state index contributed by atoms with van der Waals surface area (Å²) >= 11 is 1.31. The summed E-state index contributed by atoms with van der Waals surface area (Å²) in [6.07, 6.45) is 0. The summed E-state index contributed by atoms with van der Waals surface area (Å²) in [5, 5.41) is 4.22. The zero-order valence-corrected chi connectivity index (χ0v) is 12.0. The molecule has 2 aromatic rings. The number of hydrogen-bond acceptors (Lipinski definition) is 3. The number of thiophene rings is 1. The van der Waals surface area contributed by atoms with E-state index in [0.29, 0.717) is 18.0 Å². The Bertz CT molecular complexity index is 567. The SMILES string of the molecule is CCN(Cc1ccccc1)C(=O)NC(=O)c1cccs1. The highest BCUT2D eigenvalue weighted by molar-refractivity contribution is 7.12. The maximum atomic E-state index is 12.1. The van der Waals surface area contributed by atoms with Crippen molar-refractivity contribution in [3.05, 3.63) is 58.3 Å². The highest BCUT2D eigenvalue weighted by Crippen LogP contribution is 2.09. The summed E-state index contributed by atoms with van der Waals surface area (Å²) in [5.41, 5.74) is 1.04. The smallest absolute Gasteiger partial charge is 0.320 e. The Labute approximate surface area is 122 Å². The van der Waals surface area contributed by atoms with Crippen molar-refractivity contribution < 1.29 is 9.59 Å². The molecule has 0 saturated heterocycles. The Morgan fingerprint density at radius 3 is 2.50 bits per heavy atom. The van der Waals surface area contributed by atoms with Crippen LogP contribution in [0.25, 0.3) is 0 Å². The van der Waals surface area contributed by atoms with Crippen LogP contribution < -0.4 is 5.32 Å². The molecule has 20 heavy (non-hydrogen) atoms. The number of hydrogen-bond donors (Lipinski definition) is 1. The van der Waals surface area contributed by atoms with Crippen molar-refractivity contribution in [1.29, 1.82) is 0 Å². The van der Waals surface area contributed by atoms with Gasteiger partial charge in [-0.25, -0.2) is 4.79 Å². The van der Waals surface area contributed by atoms with Crippen molar-refractivity contribution in [3.63, 3.8) is 0 Å². The fourth-order valence-corrected chi connectivity index (χ4v) is 2.40. The van der Waals surface area contributed by atoms with Crippen LogP contribution in [0.4, 0.5) is 4.79 Å². The molecule has 0 fully saturated rings. The standard InChI is InChI=1S/C15H16N2O2S/c1-2-17(11-12-7-4-3-5-8-12)15(19)16-14(18)13-9-6-10-20-13/h3-10H,2,11H2,1H3,(H,16,18,19). The van der Waals surface area contributed by atoms with Crippen LogP contribution in [-0.2, 0) is 6.54 Å². The third kappa shape index (κ3) is 3.68. The number of carbonyl (C=O) groups is 2. The van der Waals surface area contributed by atoms with Gasteiger partial charge in [0.1, 0.15) is 0 Å². The van der Waals surface area contributed by atoms with Crippen LogP contribution >= 0.6 is 11.3 Å². The van der Waals surface area contributed by atoms with E-state index in [4.69, 9.17) is 0 Å². The number of nitrogens with zero attached hydrogens (tertiary/aromatic N) is 1. The van der Waals surface area contributed by atoms with E-state index in [0.717, 1.165) is 5.56 Å². The van der Waals surface area contributed by atoms with Gasteiger partial charge in [-0.2, -0.15) is 0 Å². The number of imide groups is 1. The van der Waals surface area contributed by atoms with E-state index >= 15 is 0 Å².